The number of hydrogen-bond acceptors (Lipinski definition) is 6. The largest absolute Gasteiger partial charge is 0.458 e. The Morgan fingerprint density at radius 2 is 1.33 bits per heavy atom. The molecule has 0 saturated heterocycles. The van der Waals surface area contributed by atoms with Gasteiger partial charge in [0.05, 0.1) is 0 Å². The third-order valence-corrected chi connectivity index (χ3v) is 7.63. The minimum atomic E-state index is -4.01. The van der Waals surface area contributed by atoms with Crippen molar-refractivity contribution in [3.05, 3.63) is 119 Å². The zero-order chi connectivity index (χ0) is 22.9. The Hall–Kier alpha value is -3.54. The SMILES string of the molecule is O=C(NC(c1cccs1)P(=O)(Oc1ccccc1)Oc1ccccc1)OCc1ccccc1. The predicted molar refractivity (Wildman–Crippen MR) is 129 cm³/mol. The van der Waals surface area contributed by atoms with Crippen molar-refractivity contribution in [3.63, 3.8) is 0 Å². The number of carbonyl (C=O) groups is 1. The van der Waals surface area contributed by atoms with E-state index in [1.165, 1.54) is 11.3 Å². The first-order valence-electron chi connectivity index (χ1n) is 10.2. The molecule has 0 saturated carbocycles. The molecule has 0 bridgehead atoms. The smallest absolute Gasteiger partial charge is 0.445 e. The molecule has 1 heterocycles. The summed E-state index contributed by atoms with van der Waals surface area (Å²) in [4.78, 5) is 13.3. The first kappa shape index (κ1) is 22.6. The molecule has 1 aromatic heterocycles. The number of hydrogen-bond donors (Lipinski definition) is 1. The van der Waals surface area contributed by atoms with Crippen LogP contribution in [0.2, 0.25) is 0 Å². The second-order valence-corrected chi connectivity index (χ2v) is 9.91. The van der Waals surface area contributed by atoms with E-state index in [1.807, 2.05) is 47.8 Å². The maximum Gasteiger partial charge on any atom is 0.458 e. The van der Waals surface area contributed by atoms with Gasteiger partial charge >= 0.3 is 13.7 Å². The van der Waals surface area contributed by atoms with Crippen LogP contribution in [0.4, 0.5) is 4.79 Å². The number of rotatable bonds is 9. The van der Waals surface area contributed by atoms with E-state index in [9.17, 15) is 9.36 Å². The molecule has 1 unspecified atom stereocenters. The van der Waals surface area contributed by atoms with Gasteiger partial charge in [0.1, 0.15) is 18.1 Å². The molecule has 4 aromatic rings. The lowest BCUT2D eigenvalue weighted by molar-refractivity contribution is 0.137. The van der Waals surface area contributed by atoms with E-state index >= 15 is 0 Å². The highest BCUT2D eigenvalue weighted by atomic mass is 32.1. The van der Waals surface area contributed by atoms with Crippen LogP contribution >= 0.6 is 18.9 Å². The van der Waals surface area contributed by atoms with Gasteiger partial charge in [-0.3, -0.25) is 0 Å². The minimum absolute atomic E-state index is 0.0766. The van der Waals surface area contributed by atoms with E-state index in [2.05, 4.69) is 5.32 Å². The standard InChI is InChI=1S/C25H22NO5PS/c27-25(29-19-20-11-4-1-5-12-20)26-24(23-17-10-18-33-23)32(28,30-21-13-6-2-7-14-21)31-22-15-8-3-9-16-22/h1-18,24H,19H2,(H,26,27). The number of ether oxygens (including phenoxy) is 1. The van der Waals surface area contributed by atoms with Gasteiger partial charge in [0.2, 0.25) is 0 Å². The molecule has 8 heteroatoms. The molecule has 0 aliphatic rings. The van der Waals surface area contributed by atoms with Gasteiger partial charge < -0.3 is 19.1 Å². The van der Waals surface area contributed by atoms with Crippen LogP contribution in [0.5, 0.6) is 11.5 Å². The third kappa shape index (κ3) is 6.25. The van der Waals surface area contributed by atoms with Crippen LogP contribution < -0.4 is 14.4 Å². The number of nitrogens with one attached hydrogen (secondary N) is 1. The highest BCUT2D eigenvalue weighted by molar-refractivity contribution is 7.55. The average Bonchev–Trinajstić information content (AvgIpc) is 3.37. The van der Waals surface area contributed by atoms with E-state index < -0.39 is 19.5 Å². The van der Waals surface area contributed by atoms with Crippen LogP contribution in [0.1, 0.15) is 16.2 Å². The first-order valence-corrected chi connectivity index (χ1v) is 12.7. The van der Waals surface area contributed by atoms with Crippen LogP contribution in [0.25, 0.3) is 0 Å². The van der Waals surface area contributed by atoms with Crippen molar-refractivity contribution < 1.29 is 23.1 Å². The predicted octanol–water partition coefficient (Wildman–Crippen LogP) is 7.02. The van der Waals surface area contributed by atoms with Gasteiger partial charge in [0.15, 0.2) is 5.78 Å². The van der Waals surface area contributed by atoms with Crippen molar-refractivity contribution in [1.29, 1.82) is 0 Å². The number of alkyl carbamates (subject to hydrolysis) is 1. The van der Waals surface area contributed by atoms with E-state index in [1.54, 1.807) is 60.7 Å². The van der Waals surface area contributed by atoms with Gasteiger partial charge in [0.25, 0.3) is 0 Å². The summed E-state index contributed by atoms with van der Waals surface area (Å²) in [6.45, 7) is 0.0766. The molecule has 0 fully saturated rings. The summed E-state index contributed by atoms with van der Waals surface area (Å²) in [6.07, 6.45) is -0.731. The van der Waals surface area contributed by atoms with Crippen molar-refractivity contribution in [3.8, 4) is 11.5 Å². The van der Waals surface area contributed by atoms with Crippen LogP contribution in [0, 0.1) is 0 Å². The topological polar surface area (TPSA) is 73.9 Å². The summed E-state index contributed by atoms with van der Waals surface area (Å²) in [5, 5.41) is 4.53. The van der Waals surface area contributed by atoms with Crippen molar-refractivity contribution in [1.82, 2.24) is 5.32 Å². The minimum Gasteiger partial charge on any atom is -0.445 e. The summed E-state index contributed by atoms with van der Waals surface area (Å²) in [5.74, 6) is -0.364. The fourth-order valence-corrected chi connectivity index (χ4v) is 5.98. The summed E-state index contributed by atoms with van der Waals surface area (Å²) in [6, 6.07) is 30.3. The maximum atomic E-state index is 14.3. The molecule has 6 nitrogen and oxygen atoms in total. The Balaban J connectivity index is 1.61. The summed E-state index contributed by atoms with van der Waals surface area (Å²) in [7, 11) is -4.01. The molecule has 0 aliphatic heterocycles. The zero-order valence-electron chi connectivity index (χ0n) is 17.6. The Labute approximate surface area is 196 Å². The summed E-state index contributed by atoms with van der Waals surface area (Å²) in [5.41, 5.74) is 0.838. The molecule has 0 aliphatic carbocycles. The number of thiophene rings is 1. The molecule has 0 spiro atoms. The molecule has 33 heavy (non-hydrogen) atoms. The molecule has 4 rings (SSSR count). The highest BCUT2D eigenvalue weighted by Gasteiger charge is 2.43. The lowest BCUT2D eigenvalue weighted by Crippen LogP contribution is -2.31. The zero-order valence-corrected chi connectivity index (χ0v) is 19.3. The third-order valence-electron chi connectivity index (χ3n) is 4.55. The lowest BCUT2D eigenvalue weighted by Gasteiger charge is -2.27. The van der Waals surface area contributed by atoms with E-state index in [0.29, 0.717) is 16.4 Å². The quantitative estimate of drug-likeness (QED) is 0.261. The lowest BCUT2D eigenvalue weighted by atomic mass is 10.2. The monoisotopic (exact) mass is 479 g/mol. The molecule has 0 radical (unpaired) electrons. The van der Waals surface area contributed by atoms with Crippen LogP contribution in [0.15, 0.2) is 109 Å². The summed E-state index contributed by atoms with van der Waals surface area (Å²) < 4.78 is 31.5. The van der Waals surface area contributed by atoms with Crippen molar-refractivity contribution >= 4 is 25.0 Å². The fraction of sp³-hybridized carbons (Fsp3) is 0.0800. The average molecular weight is 479 g/mol. The van der Waals surface area contributed by atoms with Gasteiger partial charge in [0, 0.05) is 4.88 Å². The van der Waals surface area contributed by atoms with Gasteiger partial charge in [-0.25, -0.2) is 9.36 Å². The van der Waals surface area contributed by atoms with E-state index in [0.717, 1.165) is 5.56 Å². The highest BCUT2D eigenvalue weighted by Crippen LogP contribution is 2.59. The van der Waals surface area contributed by atoms with E-state index in [-0.39, 0.29) is 6.61 Å². The molecule has 1 N–H and O–H groups in total. The first-order chi connectivity index (χ1) is 16.1. The summed E-state index contributed by atoms with van der Waals surface area (Å²) >= 11 is 1.33. The number of benzene rings is 3. The molecule has 3 aromatic carbocycles. The van der Waals surface area contributed by atoms with Gasteiger partial charge in [-0.1, -0.05) is 72.8 Å². The van der Waals surface area contributed by atoms with Gasteiger partial charge in [-0.2, -0.15) is 0 Å². The number of amides is 1. The van der Waals surface area contributed by atoms with Crippen molar-refractivity contribution in [2.75, 3.05) is 0 Å². The maximum absolute atomic E-state index is 14.3. The Morgan fingerprint density at radius 3 is 1.85 bits per heavy atom. The normalized spacial score (nSPS) is 11.9. The second-order valence-electron chi connectivity index (χ2n) is 6.97. The van der Waals surface area contributed by atoms with Crippen molar-refractivity contribution in [2.24, 2.45) is 0 Å². The molecular weight excluding hydrogens is 457 g/mol. The van der Waals surface area contributed by atoms with Crippen LogP contribution in [-0.2, 0) is 15.9 Å². The molecule has 1 atom stereocenters. The number of para-hydroxylation sites is 2. The Bertz CT molecular complexity index is 1140. The van der Waals surface area contributed by atoms with Crippen LogP contribution in [-0.4, -0.2) is 6.09 Å². The number of carbonyl (C=O) groups excluding carboxylic acids is 1. The van der Waals surface area contributed by atoms with Gasteiger partial charge in [-0.05, 0) is 41.3 Å². The Morgan fingerprint density at radius 1 is 0.788 bits per heavy atom. The molecular formula is C25H22NO5PS. The fourth-order valence-electron chi connectivity index (χ4n) is 3.01. The van der Waals surface area contributed by atoms with E-state index in [4.69, 9.17) is 13.8 Å². The van der Waals surface area contributed by atoms with Crippen LogP contribution in [0.3, 0.4) is 0 Å². The molecule has 168 valence electrons. The molecule has 1 amide bonds. The van der Waals surface area contributed by atoms with Crippen molar-refractivity contribution in [2.45, 2.75) is 12.4 Å². The van der Waals surface area contributed by atoms with Gasteiger partial charge in [-0.15, -0.1) is 11.3 Å². The Kier molecular flexibility index (Phi) is 7.45. The second kappa shape index (κ2) is 10.9.